The van der Waals surface area contributed by atoms with E-state index in [2.05, 4.69) is 13.8 Å². The van der Waals surface area contributed by atoms with Crippen molar-refractivity contribution in [2.75, 3.05) is 0 Å². The summed E-state index contributed by atoms with van der Waals surface area (Å²) in [6.45, 7) is 6.58. The van der Waals surface area contributed by atoms with Crippen molar-refractivity contribution in [3.8, 4) is 0 Å². The zero-order chi connectivity index (χ0) is 15.7. The Balaban J connectivity index is 2.24. The molecule has 0 amide bonds. The van der Waals surface area contributed by atoms with E-state index < -0.39 is 5.97 Å². The molecule has 0 bridgehead atoms. The molecule has 1 rings (SSSR count). The van der Waals surface area contributed by atoms with Gasteiger partial charge in [-0.1, -0.05) is 70.1 Å². The number of carboxylic acid groups (broad SMARTS) is 1. The molecular weight excluding hydrogens is 260 g/mol. The second kappa shape index (κ2) is 9.59. The molecule has 0 aromatic heterocycles. The lowest BCUT2D eigenvalue weighted by atomic mass is 9.98. The van der Waals surface area contributed by atoms with E-state index in [1.54, 1.807) is 6.07 Å². The summed E-state index contributed by atoms with van der Waals surface area (Å²) in [5.74, 6) is 0.0134. The van der Waals surface area contributed by atoms with Gasteiger partial charge in [-0.3, -0.25) is 0 Å². The van der Waals surface area contributed by atoms with Gasteiger partial charge in [0, 0.05) is 0 Å². The fourth-order valence-electron chi connectivity index (χ4n) is 2.71. The Hall–Kier alpha value is -1.31. The second-order valence-corrected chi connectivity index (χ2v) is 6.52. The third-order valence-corrected chi connectivity index (χ3v) is 3.97. The Morgan fingerprint density at radius 1 is 1.05 bits per heavy atom. The molecular formula is C19H30O2. The van der Waals surface area contributed by atoms with Crippen LogP contribution >= 0.6 is 0 Å². The highest BCUT2D eigenvalue weighted by atomic mass is 16.4. The van der Waals surface area contributed by atoms with Gasteiger partial charge in [-0.25, -0.2) is 4.79 Å². The molecule has 0 spiro atoms. The number of carboxylic acids is 1. The normalized spacial score (nSPS) is 11.0. The molecule has 1 aromatic carbocycles. The number of aromatic carboxylic acids is 1. The van der Waals surface area contributed by atoms with Crippen molar-refractivity contribution in [1.29, 1.82) is 0 Å². The molecule has 0 fully saturated rings. The largest absolute Gasteiger partial charge is 0.478 e. The van der Waals surface area contributed by atoms with E-state index in [0.29, 0.717) is 5.56 Å². The summed E-state index contributed by atoms with van der Waals surface area (Å²) in [5.41, 5.74) is 2.60. The SMILES string of the molecule is Cc1ccc(C(=O)O)c(CCCCCCCCC(C)C)c1. The van der Waals surface area contributed by atoms with E-state index in [-0.39, 0.29) is 0 Å². The zero-order valence-electron chi connectivity index (χ0n) is 13.8. The molecule has 1 N–H and O–H groups in total. The summed E-state index contributed by atoms with van der Waals surface area (Å²) in [5, 5.41) is 9.20. The van der Waals surface area contributed by atoms with Crippen LogP contribution in [0, 0.1) is 12.8 Å². The number of aryl methyl sites for hydroxylation is 2. The van der Waals surface area contributed by atoms with Gasteiger partial charge >= 0.3 is 5.97 Å². The third kappa shape index (κ3) is 7.31. The molecule has 0 aliphatic rings. The third-order valence-electron chi connectivity index (χ3n) is 3.97. The smallest absolute Gasteiger partial charge is 0.335 e. The Bertz CT molecular complexity index is 435. The van der Waals surface area contributed by atoms with Crippen LogP contribution in [0.25, 0.3) is 0 Å². The topological polar surface area (TPSA) is 37.3 Å². The van der Waals surface area contributed by atoms with E-state index >= 15 is 0 Å². The summed E-state index contributed by atoms with van der Waals surface area (Å²) in [7, 11) is 0. The minimum atomic E-state index is -0.807. The molecule has 0 aliphatic carbocycles. The summed E-state index contributed by atoms with van der Waals surface area (Å²) < 4.78 is 0. The van der Waals surface area contributed by atoms with Crippen LogP contribution < -0.4 is 0 Å². The van der Waals surface area contributed by atoms with E-state index in [0.717, 1.165) is 29.9 Å². The highest BCUT2D eigenvalue weighted by Gasteiger charge is 2.09. The molecule has 0 saturated heterocycles. The molecule has 1 aromatic rings. The van der Waals surface area contributed by atoms with Crippen LogP contribution in [0.5, 0.6) is 0 Å². The maximum absolute atomic E-state index is 11.2. The molecule has 2 heteroatoms. The van der Waals surface area contributed by atoms with Crippen molar-refractivity contribution < 1.29 is 9.90 Å². The standard InChI is InChI=1S/C19H30O2/c1-15(2)10-8-6-4-5-7-9-11-17-14-16(3)12-13-18(17)19(20)21/h12-15H,4-11H2,1-3H3,(H,20,21). The van der Waals surface area contributed by atoms with Gasteiger partial charge < -0.3 is 5.11 Å². The van der Waals surface area contributed by atoms with E-state index in [1.807, 2.05) is 19.1 Å². The van der Waals surface area contributed by atoms with Crippen molar-refractivity contribution in [3.63, 3.8) is 0 Å². The van der Waals surface area contributed by atoms with Crippen LogP contribution in [0.15, 0.2) is 18.2 Å². The number of unbranched alkanes of at least 4 members (excludes halogenated alkanes) is 5. The molecule has 0 heterocycles. The van der Waals surface area contributed by atoms with Gasteiger partial charge in [0.05, 0.1) is 5.56 Å². The first-order valence-electron chi connectivity index (χ1n) is 8.33. The number of benzene rings is 1. The van der Waals surface area contributed by atoms with Gasteiger partial charge in [-0.2, -0.15) is 0 Å². The lowest BCUT2D eigenvalue weighted by molar-refractivity contribution is 0.0695. The highest BCUT2D eigenvalue weighted by molar-refractivity contribution is 5.89. The molecule has 0 aliphatic heterocycles. The van der Waals surface area contributed by atoms with Crippen LogP contribution in [0.4, 0.5) is 0 Å². The van der Waals surface area contributed by atoms with Gasteiger partial charge in [-0.15, -0.1) is 0 Å². The lowest BCUT2D eigenvalue weighted by Crippen LogP contribution is -2.03. The molecule has 0 unspecified atom stereocenters. The predicted octanol–water partition coefficient (Wildman–Crippen LogP) is 5.62. The van der Waals surface area contributed by atoms with Crippen molar-refractivity contribution in [2.45, 2.75) is 72.1 Å². The van der Waals surface area contributed by atoms with Gasteiger partial charge in [0.2, 0.25) is 0 Å². The molecule has 118 valence electrons. The lowest BCUT2D eigenvalue weighted by Gasteiger charge is -2.08. The maximum atomic E-state index is 11.2. The summed E-state index contributed by atoms with van der Waals surface area (Å²) in [4.78, 5) is 11.2. The molecule has 2 nitrogen and oxygen atoms in total. The van der Waals surface area contributed by atoms with Gasteiger partial charge in [0.15, 0.2) is 0 Å². The number of carbonyl (C=O) groups is 1. The van der Waals surface area contributed by atoms with Gasteiger partial charge in [0.1, 0.15) is 0 Å². The van der Waals surface area contributed by atoms with Gasteiger partial charge in [-0.05, 0) is 37.3 Å². The number of rotatable bonds is 10. The first kappa shape index (κ1) is 17.7. The first-order chi connectivity index (χ1) is 10.0. The summed E-state index contributed by atoms with van der Waals surface area (Å²) in [6, 6.07) is 5.63. The molecule has 0 radical (unpaired) electrons. The fraction of sp³-hybridized carbons (Fsp3) is 0.632. The van der Waals surface area contributed by atoms with Crippen molar-refractivity contribution in [3.05, 3.63) is 34.9 Å². The molecule has 0 saturated carbocycles. The zero-order valence-corrected chi connectivity index (χ0v) is 13.8. The van der Waals surface area contributed by atoms with Crippen LogP contribution in [-0.2, 0) is 6.42 Å². The van der Waals surface area contributed by atoms with Crippen molar-refractivity contribution in [2.24, 2.45) is 5.92 Å². The monoisotopic (exact) mass is 290 g/mol. The van der Waals surface area contributed by atoms with Crippen LogP contribution in [0.1, 0.15) is 80.3 Å². The van der Waals surface area contributed by atoms with Crippen molar-refractivity contribution >= 4 is 5.97 Å². The van der Waals surface area contributed by atoms with Gasteiger partial charge in [0.25, 0.3) is 0 Å². The Morgan fingerprint density at radius 3 is 2.29 bits per heavy atom. The second-order valence-electron chi connectivity index (χ2n) is 6.52. The van der Waals surface area contributed by atoms with Crippen LogP contribution in [0.3, 0.4) is 0 Å². The van der Waals surface area contributed by atoms with Crippen molar-refractivity contribution in [1.82, 2.24) is 0 Å². The highest BCUT2D eigenvalue weighted by Crippen LogP contribution is 2.17. The average Bonchev–Trinajstić information content (AvgIpc) is 2.41. The summed E-state index contributed by atoms with van der Waals surface area (Å²) in [6.07, 6.45) is 9.78. The Kier molecular flexibility index (Phi) is 8.11. The predicted molar refractivity (Wildman–Crippen MR) is 89.0 cm³/mol. The fourth-order valence-corrected chi connectivity index (χ4v) is 2.71. The average molecular weight is 290 g/mol. The Labute approximate surface area is 129 Å². The first-order valence-corrected chi connectivity index (χ1v) is 8.33. The maximum Gasteiger partial charge on any atom is 0.335 e. The van der Waals surface area contributed by atoms with E-state index in [9.17, 15) is 9.90 Å². The summed E-state index contributed by atoms with van der Waals surface area (Å²) >= 11 is 0. The number of hydrogen-bond donors (Lipinski definition) is 1. The number of hydrogen-bond acceptors (Lipinski definition) is 1. The molecule has 0 atom stereocenters. The van der Waals surface area contributed by atoms with Crippen LogP contribution in [0.2, 0.25) is 0 Å². The minimum absolute atomic E-state index is 0.470. The van der Waals surface area contributed by atoms with E-state index in [4.69, 9.17) is 0 Å². The van der Waals surface area contributed by atoms with Crippen LogP contribution in [-0.4, -0.2) is 11.1 Å². The Morgan fingerprint density at radius 2 is 1.67 bits per heavy atom. The molecule has 21 heavy (non-hydrogen) atoms. The van der Waals surface area contributed by atoms with E-state index in [1.165, 1.54) is 38.5 Å². The minimum Gasteiger partial charge on any atom is -0.478 e. The quantitative estimate of drug-likeness (QED) is 0.568.